The molecule has 0 aliphatic heterocycles. The molecule has 122 valence electrons. The van der Waals surface area contributed by atoms with Crippen molar-refractivity contribution in [2.45, 2.75) is 0 Å². The Morgan fingerprint density at radius 1 is 1.30 bits per heavy atom. The van der Waals surface area contributed by atoms with Gasteiger partial charge >= 0.3 is 0 Å². The van der Waals surface area contributed by atoms with Gasteiger partial charge in [0.25, 0.3) is 5.91 Å². The van der Waals surface area contributed by atoms with Crippen LogP contribution in [0, 0.1) is 0 Å². The van der Waals surface area contributed by atoms with E-state index in [1.165, 1.54) is 0 Å². The van der Waals surface area contributed by atoms with Gasteiger partial charge in [-0.1, -0.05) is 6.07 Å². The summed E-state index contributed by atoms with van der Waals surface area (Å²) in [5.41, 5.74) is 0.949. The number of benzene rings is 1. The molecule has 2 aromatic rings. The van der Waals surface area contributed by atoms with E-state index in [0.29, 0.717) is 29.6 Å². The first kappa shape index (κ1) is 16.7. The number of nitrogens with zero attached hydrogens (tertiary/aromatic N) is 3. The molecule has 1 amide bonds. The molecule has 1 aromatic carbocycles. The number of nitrogens with one attached hydrogen (secondary N) is 2. The molecule has 0 bridgehead atoms. The fourth-order valence-electron chi connectivity index (χ4n) is 1.86. The number of ether oxygens (including phenoxy) is 1. The van der Waals surface area contributed by atoms with Gasteiger partial charge in [-0.05, 0) is 32.3 Å². The van der Waals surface area contributed by atoms with Crippen LogP contribution in [0.2, 0.25) is 0 Å². The molecule has 2 rings (SSSR count). The number of rotatable bonds is 7. The summed E-state index contributed by atoms with van der Waals surface area (Å²) in [7, 11) is 5.55. The Morgan fingerprint density at radius 2 is 2.13 bits per heavy atom. The number of hydrogen-bond acceptors (Lipinski definition) is 6. The molecule has 0 aliphatic carbocycles. The predicted molar refractivity (Wildman–Crippen MR) is 90.0 cm³/mol. The molecular formula is C16H21N5O2. The standard InChI is InChI=1S/C16H21N5O2/c1-21(2)10-9-18-16-17-8-7-14(20-16)15(22)19-12-5-4-6-13(11-12)23-3/h4-8,11H,9-10H2,1-3H3,(H,19,22)(H,17,18,20). The number of likely N-dealkylation sites (N-methyl/N-ethyl adjacent to an activating group) is 1. The lowest BCUT2D eigenvalue weighted by Crippen LogP contribution is -2.22. The van der Waals surface area contributed by atoms with Crippen LogP contribution in [0.15, 0.2) is 36.5 Å². The van der Waals surface area contributed by atoms with Crippen molar-refractivity contribution in [2.24, 2.45) is 0 Å². The predicted octanol–water partition coefficient (Wildman–Crippen LogP) is 1.71. The molecule has 23 heavy (non-hydrogen) atoms. The van der Waals surface area contributed by atoms with Crippen LogP contribution >= 0.6 is 0 Å². The maximum Gasteiger partial charge on any atom is 0.274 e. The molecule has 0 radical (unpaired) electrons. The summed E-state index contributed by atoms with van der Waals surface area (Å²) < 4.78 is 5.13. The van der Waals surface area contributed by atoms with Crippen LogP contribution in [-0.2, 0) is 0 Å². The quantitative estimate of drug-likeness (QED) is 0.810. The third-order valence-corrected chi connectivity index (χ3v) is 3.06. The van der Waals surface area contributed by atoms with E-state index in [4.69, 9.17) is 4.74 Å². The van der Waals surface area contributed by atoms with E-state index in [2.05, 4.69) is 20.6 Å². The Bertz CT molecular complexity index is 660. The van der Waals surface area contributed by atoms with Crippen molar-refractivity contribution >= 4 is 17.5 Å². The fraction of sp³-hybridized carbons (Fsp3) is 0.312. The molecule has 0 aliphatic rings. The third-order valence-electron chi connectivity index (χ3n) is 3.06. The number of carbonyl (C=O) groups is 1. The van der Waals surface area contributed by atoms with E-state index < -0.39 is 0 Å². The highest BCUT2D eigenvalue weighted by Crippen LogP contribution is 2.17. The molecular weight excluding hydrogens is 294 g/mol. The fourth-order valence-corrected chi connectivity index (χ4v) is 1.86. The lowest BCUT2D eigenvalue weighted by Gasteiger charge is -2.11. The maximum absolute atomic E-state index is 12.3. The van der Waals surface area contributed by atoms with Crippen LogP contribution in [0.5, 0.6) is 5.75 Å². The smallest absolute Gasteiger partial charge is 0.274 e. The topological polar surface area (TPSA) is 79.4 Å². The molecule has 0 saturated carbocycles. The second-order valence-corrected chi connectivity index (χ2v) is 5.18. The van der Waals surface area contributed by atoms with Gasteiger partial charge in [-0.15, -0.1) is 0 Å². The summed E-state index contributed by atoms with van der Waals surface area (Å²) in [6.07, 6.45) is 1.56. The monoisotopic (exact) mass is 315 g/mol. The first-order valence-electron chi connectivity index (χ1n) is 7.25. The van der Waals surface area contributed by atoms with Crippen LogP contribution in [-0.4, -0.2) is 55.1 Å². The minimum atomic E-state index is -0.295. The molecule has 7 nitrogen and oxygen atoms in total. The van der Waals surface area contributed by atoms with E-state index in [1.54, 1.807) is 31.5 Å². The van der Waals surface area contributed by atoms with Gasteiger partial charge in [0.2, 0.25) is 5.95 Å². The van der Waals surface area contributed by atoms with Crippen molar-refractivity contribution in [3.05, 3.63) is 42.2 Å². The maximum atomic E-state index is 12.3. The first-order valence-corrected chi connectivity index (χ1v) is 7.25. The van der Waals surface area contributed by atoms with Crippen molar-refractivity contribution in [2.75, 3.05) is 44.9 Å². The van der Waals surface area contributed by atoms with Gasteiger partial charge in [0.1, 0.15) is 11.4 Å². The zero-order valence-corrected chi connectivity index (χ0v) is 13.5. The molecule has 0 atom stereocenters. The number of methoxy groups -OCH3 is 1. The highest BCUT2D eigenvalue weighted by molar-refractivity contribution is 6.03. The van der Waals surface area contributed by atoms with E-state index in [9.17, 15) is 4.79 Å². The van der Waals surface area contributed by atoms with Crippen LogP contribution in [0.3, 0.4) is 0 Å². The van der Waals surface area contributed by atoms with Gasteiger partial charge in [0.15, 0.2) is 0 Å². The van der Waals surface area contributed by atoms with Gasteiger partial charge in [0, 0.05) is 31.0 Å². The molecule has 0 unspecified atom stereocenters. The molecule has 0 fully saturated rings. The minimum Gasteiger partial charge on any atom is -0.497 e. The normalized spacial score (nSPS) is 10.4. The molecule has 1 aromatic heterocycles. The zero-order valence-electron chi connectivity index (χ0n) is 13.5. The van der Waals surface area contributed by atoms with Crippen LogP contribution in [0.1, 0.15) is 10.5 Å². The summed E-state index contributed by atoms with van der Waals surface area (Å²) >= 11 is 0. The Labute approximate surface area is 135 Å². The van der Waals surface area contributed by atoms with Crippen LogP contribution in [0.25, 0.3) is 0 Å². The van der Waals surface area contributed by atoms with Crippen molar-refractivity contribution in [1.29, 1.82) is 0 Å². The second kappa shape index (κ2) is 8.09. The zero-order chi connectivity index (χ0) is 16.7. The molecule has 7 heteroatoms. The summed E-state index contributed by atoms with van der Waals surface area (Å²) in [5.74, 6) is 0.818. The number of amides is 1. The molecule has 2 N–H and O–H groups in total. The van der Waals surface area contributed by atoms with E-state index >= 15 is 0 Å². The average molecular weight is 315 g/mol. The second-order valence-electron chi connectivity index (χ2n) is 5.18. The summed E-state index contributed by atoms with van der Waals surface area (Å²) in [6, 6.07) is 8.73. The number of aromatic nitrogens is 2. The summed E-state index contributed by atoms with van der Waals surface area (Å²) in [5, 5.41) is 5.88. The lowest BCUT2D eigenvalue weighted by molar-refractivity contribution is 0.102. The van der Waals surface area contributed by atoms with Crippen molar-refractivity contribution in [3.8, 4) is 5.75 Å². The Balaban J connectivity index is 2.01. The van der Waals surface area contributed by atoms with Gasteiger partial charge in [0.05, 0.1) is 7.11 Å². The van der Waals surface area contributed by atoms with Crippen LogP contribution < -0.4 is 15.4 Å². The van der Waals surface area contributed by atoms with E-state index in [1.807, 2.05) is 31.1 Å². The highest BCUT2D eigenvalue weighted by Gasteiger charge is 2.09. The SMILES string of the molecule is COc1cccc(NC(=O)c2ccnc(NCCN(C)C)n2)c1. The van der Waals surface area contributed by atoms with Crippen molar-refractivity contribution in [1.82, 2.24) is 14.9 Å². The Hall–Kier alpha value is -2.67. The largest absolute Gasteiger partial charge is 0.497 e. The number of hydrogen-bond donors (Lipinski definition) is 2. The van der Waals surface area contributed by atoms with Gasteiger partial charge in [-0.25, -0.2) is 9.97 Å². The Morgan fingerprint density at radius 3 is 2.87 bits per heavy atom. The van der Waals surface area contributed by atoms with E-state index in [-0.39, 0.29) is 5.91 Å². The number of carbonyl (C=O) groups excluding carboxylic acids is 1. The van der Waals surface area contributed by atoms with Crippen molar-refractivity contribution in [3.63, 3.8) is 0 Å². The van der Waals surface area contributed by atoms with E-state index in [0.717, 1.165) is 6.54 Å². The van der Waals surface area contributed by atoms with Gasteiger partial charge in [-0.2, -0.15) is 0 Å². The number of anilines is 2. The molecule has 0 spiro atoms. The first-order chi connectivity index (χ1) is 11.1. The minimum absolute atomic E-state index is 0.295. The van der Waals surface area contributed by atoms with Gasteiger partial charge < -0.3 is 20.3 Å². The average Bonchev–Trinajstić information content (AvgIpc) is 2.55. The van der Waals surface area contributed by atoms with Crippen molar-refractivity contribution < 1.29 is 9.53 Å². The van der Waals surface area contributed by atoms with Gasteiger partial charge in [-0.3, -0.25) is 4.79 Å². The summed E-state index contributed by atoms with van der Waals surface area (Å²) in [4.78, 5) is 22.7. The highest BCUT2D eigenvalue weighted by atomic mass is 16.5. The van der Waals surface area contributed by atoms with Crippen LogP contribution in [0.4, 0.5) is 11.6 Å². The lowest BCUT2D eigenvalue weighted by atomic mass is 10.3. The molecule has 1 heterocycles. The third kappa shape index (κ3) is 5.23. The Kier molecular flexibility index (Phi) is 5.87. The molecule has 0 saturated heterocycles. The summed E-state index contributed by atoms with van der Waals surface area (Å²) in [6.45, 7) is 1.55.